The number of aromatic nitrogens is 3. The van der Waals surface area contributed by atoms with Crippen molar-refractivity contribution in [2.24, 2.45) is 0 Å². The summed E-state index contributed by atoms with van der Waals surface area (Å²) in [5.41, 5.74) is 2.03. The van der Waals surface area contributed by atoms with Gasteiger partial charge in [0.15, 0.2) is 10.9 Å². The molecule has 0 unspecified atom stereocenters. The van der Waals surface area contributed by atoms with Crippen LogP contribution in [0.15, 0.2) is 42.6 Å². The molecule has 0 bridgehead atoms. The standard InChI is InChI=1S/C18H17ClN4O2/c19-16-5-6-17(22-21-16)25-15-4-3-13(12-23-8-10-24-11-9-23)14-2-1-7-20-18(14)15/h1-7H,8-12H2. The lowest BCUT2D eigenvalue weighted by Gasteiger charge is -2.27. The summed E-state index contributed by atoms with van der Waals surface area (Å²) in [4.78, 5) is 6.89. The van der Waals surface area contributed by atoms with E-state index < -0.39 is 0 Å². The van der Waals surface area contributed by atoms with Crippen LogP contribution in [-0.4, -0.2) is 46.4 Å². The van der Waals surface area contributed by atoms with Crippen LogP contribution in [0.5, 0.6) is 11.6 Å². The lowest BCUT2D eigenvalue weighted by molar-refractivity contribution is 0.0343. The Morgan fingerprint density at radius 1 is 1.08 bits per heavy atom. The second kappa shape index (κ2) is 7.31. The van der Waals surface area contributed by atoms with Gasteiger partial charge in [0.1, 0.15) is 5.52 Å². The van der Waals surface area contributed by atoms with Crippen molar-refractivity contribution in [1.82, 2.24) is 20.1 Å². The van der Waals surface area contributed by atoms with Gasteiger partial charge in [-0.15, -0.1) is 10.2 Å². The first kappa shape index (κ1) is 16.2. The average molecular weight is 357 g/mol. The molecular formula is C18H17ClN4O2. The van der Waals surface area contributed by atoms with Crippen LogP contribution in [-0.2, 0) is 11.3 Å². The third-order valence-electron chi connectivity index (χ3n) is 4.14. The molecule has 0 aliphatic carbocycles. The van der Waals surface area contributed by atoms with E-state index in [-0.39, 0.29) is 0 Å². The molecule has 2 aromatic heterocycles. The van der Waals surface area contributed by atoms with Crippen LogP contribution in [0.4, 0.5) is 0 Å². The van der Waals surface area contributed by atoms with Gasteiger partial charge in [-0.2, -0.15) is 0 Å². The quantitative estimate of drug-likeness (QED) is 0.714. The molecule has 1 aliphatic heterocycles. The molecule has 128 valence electrons. The zero-order valence-electron chi connectivity index (χ0n) is 13.6. The normalized spacial score (nSPS) is 15.4. The van der Waals surface area contributed by atoms with E-state index in [2.05, 4.69) is 32.2 Å². The Hall–Kier alpha value is -2.28. The first-order chi connectivity index (χ1) is 12.3. The number of rotatable bonds is 4. The fourth-order valence-electron chi connectivity index (χ4n) is 2.90. The SMILES string of the molecule is Clc1ccc(Oc2ccc(CN3CCOCC3)c3cccnc23)nn1. The van der Waals surface area contributed by atoms with E-state index in [1.165, 1.54) is 5.56 Å². The largest absolute Gasteiger partial charge is 0.435 e. The summed E-state index contributed by atoms with van der Waals surface area (Å²) < 4.78 is 11.3. The lowest BCUT2D eigenvalue weighted by Crippen LogP contribution is -2.35. The van der Waals surface area contributed by atoms with Crippen LogP contribution in [0.3, 0.4) is 0 Å². The molecule has 3 heterocycles. The highest BCUT2D eigenvalue weighted by atomic mass is 35.5. The molecule has 6 nitrogen and oxygen atoms in total. The summed E-state index contributed by atoms with van der Waals surface area (Å²) in [6, 6.07) is 11.4. The Bertz CT molecular complexity index is 867. The van der Waals surface area contributed by atoms with Gasteiger partial charge in [0.05, 0.1) is 13.2 Å². The van der Waals surface area contributed by atoms with Crippen LogP contribution >= 0.6 is 11.6 Å². The van der Waals surface area contributed by atoms with Gasteiger partial charge in [-0.1, -0.05) is 23.7 Å². The molecule has 1 aliphatic rings. The van der Waals surface area contributed by atoms with Gasteiger partial charge < -0.3 is 9.47 Å². The molecule has 1 saturated heterocycles. The maximum atomic E-state index is 5.86. The van der Waals surface area contributed by atoms with Crippen molar-refractivity contribution >= 4 is 22.5 Å². The van der Waals surface area contributed by atoms with Gasteiger partial charge in [0, 0.05) is 37.3 Å². The predicted molar refractivity (Wildman–Crippen MR) is 95.0 cm³/mol. The fourth-order valence-corrected chi connectivity index (χ4v) is 3.00. The number of morpholine rings is 1. The van der Waals surface area contributed by atoms with Gasteiger partial charge in [0.2, 0.25) is 5.88 Å². The number of fused-ring (bicyclic) bond motifs is 1. The van der Waals surface area contributed by atoms with Crippen molar-refractivity contribution < 1.29 is 9.47 Å². The Balaban J connectivity index is 1.65. The number of benzene rings is 1. The minimum Gasteiger partial charge on any atom is -0.435 e. The molecule has 25 heavy (non-hydrogen) atoms. The highest BCUT2D eigenvalue weighted by molar-refractivity contribution is 6.29. The van der Waals surface area contributed by atoms with E-state index in [9.17, 15) is 0 Å². The van der Waals surface area contributed by atoms with Crippen molar-refractivity contribution in [2.45, 2.75) is 6.54 Å². The molecule has 1 fully saturated rings. The second-order valence-electron chi connectivity index (χ2n) is 5.81. The maximum Gasteiger partial charge on any atom is 0.239 e. The third kappa shape index (κ3) is 3.71. The smallest absolute Gasteiger partial charge is 0.239 e. The van der Waals surface area contributed by atoms with E-state index in [1.807, 2.05) is 12.1 Å². The molecule has 4 rings (SSSR count). The van der Waals surface area contributed by atoms with E-state index in [0.717, 1.165) is 43.8 Å². The minimum absolute atomic E-state index is 0.330. The summed E-state index contributed by atoms with van der Waals surface area (Å²) in [5.74, 6) is 1.04. The Morgan fingerprint density at radius 2 is 1.96 bits per heavy atom. The van der Waals surface area contributed by atoms with Crippen LogP contribution < -0.4 is 4.74 Å². The van der Waals surface area contributed by atoms with Crippen LogP contribution in [0.25, 0.3) is 10.9 Å². The summed E-state index contributed by atoms with van der Waals surface area (Å²) in [5, 5.41) is 9.15. The van der Waals surface area contributed by atoms with E-state index in [4.69, 9.17) is 21.1 Å². The number of hydrogen-bond donors (Lipinski definition) is 0. The molecule has 0 atom stereocenters. The second-order valence-corrected chi connectivity index (χ2v) is 6.19. The third-order valence-corrected chi connectivity index (χ3v) is 4.34. The monoisotopic (exact) mass is 356 g/mol. The molecule has 0 radical (unpaired) electrons. The van der Waals surface area contributed by atoms with Crippen LogP contribution in [0.1, 0.15) is 5.56 Å². The summed E-state index contributed by atoms with van der Waals surface area (Å²) in [7, 11) is 0. The first-order valence-corrected chi connectivity index (χ1v) is 8.51. The maximum absolute atomic E-state index is 5.86. The van der Waals surface area contributed by atoms with Gasteiger partial charge in [-0.05, 0) is 23.8 Å². The molecule has 3 aromatic rings. The Labute approximate surface area is 150 Å². The Kier molecular flexibility index (Phi) is 4.74. The van der Waals surface area contributed by atoms with Crippen molar-refractivity contribution in [3.63, 3.8) is 0 Å². The number of halogens is 1. The minimum atomic E-state index is 0.330. The van der Waals surface area contributed by atoms with Crippen LogP contribution in [0, 0.1) is 0 Å². The zero-order valence-corrected chi connectivity index (χ0v) is 14.3. The zero-order chi connectivity index (χ0) is 17.1. The van der Waals surface area contributed by atoms with Gasteiger partial charge in [0.25, 0.3) is 0 Å². The Morgan fingerprint density at radius 3 is 2.76 bits per heavy atom. The van der Waals surface area contributed by atoms with E-state index in [0.29, 0.717) is 16.8 Å². The summed E-state index contributed by atoms with van der Waals surface area (Å²) >= 11 is 5.77. The summed E-state index contributed by atoms with van der Waals surface area (Å²) in [6.45, 7) is 4.33. The van der Waals surface area contributed by atoms with Gasteiger partial charge in [-0.25, -0.2) is 0 Å². The molecule has 1 aromatic carbocycles. The van der Waals surface area contributed by atoms with Crippen molar-refractivity contribution in [2.75, 3.05) is 26.3 Å². The molecule has 0 spiro atoms. The van der Waals surface area contributed by atoms with Crippen molar-refractivity contribution in [1.29, 1.82) is 0 Å². The first-order valence-electron chi connectivity index (χ1n) is 8.13. The highest BCUT2D eigenvalue weighted by Gasteiger charge is 2.15. The number of nitrogens with zero attached hydrogens (tertiary/aromatic N) is 4. The summed E-state index contributed by atoms with van der Waals surface area (Å²) in [6.07, 6.45) is 1.77. The van der Waals surface area contributed by atoms with Crippen molar-refractivity contribution in [3.8, 4) is 11.6 Å². The van der Waals surface area contributed by atoms with E-state index >= 15 is 0 Å². The topological polar surface area (TPSA) is 60.4 Å². The molecule has 7 heteroatoms. The van der Waals surface area contributed by atoms with Gasteiger partial charge >= 0.3 is 0 Å². The highest BCUT2D eigenvalue weighted by Crippen LogP contribution is 2.30. The average Bonchev–Trinajstić information content (AvgIpc) is 2.66. The molecular weight excluding hydrogens is 340 g/mol. The number of pyridine rings is 1. The van der Waals surface area contributed by atoms with Crippen molar-refractivity contribution in [3.05, 3.63) is 53.3 Å². The lowest BCUT2D eigenvalue weighted by atomic mass is 10.1. The number of hydrogen-bond acceptors (Lipinski definition) is 6. The molecule has 0 N–H and O–H groups in total. The van der Waals surface area contributed by atoms with E-state index in [1.54, 1.807) is 18.3 Å². The molecule has 0 amide bonds. The number of ether oxygens (including phenoxy) is 2. The van der Waals surface area contributed by atoms with Crippen LogP contribution in [0.2, 0.25) is 5.15 Å². The van der Waals surface area contributed by atoms with Gasteiger partial charge in [-0.3, -0.25) is 9.88 Å². The predicted octanol–water partition coefficient (Wildman–Crippen LogP) is 3.30. The molecule has 0 saturated carbocycles. The fraction of sp³-hybridized carbons (Fsp3) is 0.278.